The van der Waals surface area contributed by atoms with E-state index in [0.717, 1.165) is 17.8 Å². The van der Waals surface area contributed by atoms with E-state index in [1.807, 2.05) is 0 Å². The van der Waals surface area contributed by atoms with Crippen LogP contribution < -0.4 is 10.3 Å². The summed E-state index contributed by atoms with van der Waals surface area (Å²) >= 11 is 1.01. The number of hydrogen-bond donors (Lipinski definition) is 2. The molecule has 0 aliphatic carbocycles. The zero-order valence-electron chi connectivity index (χ0n) is 10.2. The smallest absolute Gasteiger partial charge is 0.338 e. The van der Waals surface area contributed by atoms with Crippen LogP contribution in [0.25, 0.3) is 0 Å². The fourth-order valence-electron chi connectivity index (χ4n) is 1.47. The number of carboxylic acid groups (broad SMARTS) is 1. The summed E-state index contributed by atoms with van der Waals surface area (Å²) in [6, 6.07) is 3.62. The summed E-state index contributed by atoms with van der Waals surface area (Å²) in [5.74, 6) is -2.18. The fourth-order valence-corrected chi connectivity index (χ4v) is 2.38. The van der Waals surface area contributed by atoms with Gasteiger partial charge < -0.3 is 14.8 Å². The van der Waals surface area contributed by atoms with Gasteiger partial charge in [-0.05, 0) is 18.2 Å². The SMILES string of the molecule is COc1c(Sc2ccc(F)c(C(=O)O)c2)nc[nH]c1=O. The largest absolute Gasteiger partial charge is 0.489 e. The van der Waals surface area contributed by atoms with E-state index in [-0.39, 0.29) is 10.8 Å². The predicted octanol–water partition coefficient (Wildman–Crippen LogP) is 1.77. The average Bonchev–Trinajstić information content (AvgIpc) is 2.41. The summed E-state index contributed by atoms with van der Waals surface area (Å²) in [6.07, 6.45) is 1.20. The molecular weight excluding hydrogens is 287 g/mol. The molecule has 0 aliphatic rings. The number of rotatable bonds is 4. The maximum Gasteiger partial charge on any atom is 0.338 e. The van der Waals surface area contributed by atoms with Crippen molar-refractivity contribution in [1.82, 2.24) is 9.97 Å². The molecule has 0 spiro atoms. The zero-order valence-corrected chi connectivity index (χ0v) is 11.0. The summed E-state index contributed by atoms with van der Waals surface area (Å²) in [7, 11) is 1.32. The van der Waals surface area contributed by atoms with Crippen LogP contribution in [0.2, 0.25) is 0 Å². The summed E-state index contributed by atoms with van der Waals surface area (Å²) < 4.78 is 18.2. The van der Waals surface area contributed by atoms with Crippen LogP contribution in [0.3, 0.4) is 0 Å². The van der Waals surface area contributed by atoms with Crippen LogP contribution in [0.4, 0.5) is 4.39 Å². The van der Waals surface area contributed by atoms with Crippen LogP contribution in [0, 0.1) is 5.82 Å². The molecule has 104 valence electrons. The Morgan fingerprint density at radius 3 is 2.90 bits per heavy atom. The lowest BCUT2D eigenvalue weighted by Gasteiger charge is -2.06. The van der Waals surface area contributed by atoms with Crippen molar-refractivity contribution < 1.29 is 19.0 Å². The molecule has 0 radical (unpaired) electrons. The lowest BCUT2D eigenvalue weighted by atomic mass is 10.2. The van der Waals surface area contributed by atoms with Crippen LogP contribution in [-0.4, -0.2) is 28.2 Å². The molecule has 2 aromatic rings. The Kier molecular flexibility index (Phi) is 4.04. The maximum absolute atomic E-state index is 13.3. The summed E-state index contributed by atoms with van der Waals surface area (Å²) in [4.78, 5) is 29.1. The van der Waals surface area contributed by atoms with Crippen molar-refractivity contribution in [2.75, 3.05) is 7.11 Å². The first-order chi connectivity index (χ1) is 9.52. The average molecular weight is 296 g/mol. The third-order valence-electron chi connectivity index (χ3n) is 2.36. The lowest BCUT2D eigenvalue weighted by Crippen LogP contribution is -2.10. The normalized spacial score (nSPS) is 10.3. The molecule has 1 heterocycles. The first-order valence-electron chi connectivity index (χ1n) is 5.35. The van der Waals surface area contributed by atoms with E-state index in [1.54, 1.807) is 0 Å². The number of aromatic amines is 1. The van der Waals surface area contributed by atoms with E-state index in [0.29, 0.717) is 4.90 Å². The first kappa shape index (κ1) is 14.1. The van der Waals surface area contributed by atoms with Crippen molar-refractivity contribution in [3.63, 3.8) is 0 Å². The lowest BCUT2D eigenvalue weighted by molar-refractivity contribution is 0.0691. The maximum atomic E-state index is 13.3. The molecule has 0 amide bonds. The van der Waals surface area contributed by atoms with Gasteiger partial charge in [-0.1, -0.05) is 11.8 Å². The molecule has 0 saturated heterocycles. The van der Waals surface area contributed by atoms with E-state index in [1.165, 1.54) is 25.6 Å². The van der Waals surface area contributed by atoms with Crippen LogP contribution >= 0.6 is 11.8 Å². The number of H-pyrrole nitrogens is 1. The van der Waals surface area contributed by atoms with Crippen molar-refractivity contribution in [3.05, 3.63) is 46.3 Å². The van der Waals surface area contributed by atoms with Crippen molar-refractivity contribution in [3.8, 4) is 5.75 Å². The molecular formula is C12H9FN2O4S. The minimum Gasteiger partial charge on any atom is -0.489 e. The van der Waals surface area contributed by atoms with Gasteiger partial charge in [0.25, 0.3) is 5.56 Å². The second-order valence-electron chi connectivity index (χ2n) is 3.62. The molecule has 2 N–H and O–H groups in total. The van der Waals surface area contributed by atoms with Gasteiger partial charge in [0.2, 0.25) is 5.75 Å². The minimum absolute atomic E-state index is 0.0127. The van der Waals surface area contributed by atoms with Crippen LogP contribution in [0.15, 0.2) is 39.2 Å². The summed E-state index contributed by atoms with van der Waals surface area (Å²) in [5.41, 5.74) is -0.899. The molecule has 0 aliphatic heterocycles. The van der Waals surface area contributed by atoms with Crippen molar-refractivity contribution in [2.24, 2.45) is 0 Å². The van der Waals surface area contributed by atoms with Gasteiger partial charge in [0.05, 0.1) is 19.0 Å². The standard InChI is InChI=1S/C12H9FN2O4S/c1-19-9-10(16)14-5-15-11(9)20-6-2-3-8(13)7(4-6)12(17)18/h2-5H,1H3,(H,17,18)(H,14,15,16). The molecule has 1 aromatic heterocycles. The number of carboxylic acids is 1. The Morgan fingerprint density at radius 2 is 2.25 bits per heavy atom. The van der Waals surface area contributed by atoms with E-state index in [4.69, 9.17) is 9.84 Å². The number of ether oxygens (including phenoxy) is 1. The Hall–Kier alpha value is -2.35. The molecule has 8 heteroatoms. The van der Waals surface area contributed by atoms with Gasteiger partial charge in [-0.2, -0.15) is 0 Å². The van der Waals surface area contributed by atoms with E-state index >= 15 is 0 Å². The highest BCUT2D eigenvalue weighted by Crippen LogP contribution is 2.31. The number of carbonyl (C=O) groups is 1. The number of benzene rings is 1. The number of nitrogens with zero attached hydrogens (tertiary/aromatic N) is 1. The highest BCUT2D eigenvalue weighted by atomic mass is 32.2. The Bertz CT molecular complexity index is 717. The summed E-state index contributed by atoms with van der Waals surface area (Å²) in [5, 5.41) is 9.12. The Morgan fingerprint density at radius 1 is 1.50 bits per heavy atom. The topological polar surface area (TPSA) is 92.3 Å². The van der Waals surface area contributed by atoms with Crippen LogP contribution in [0.5, 0.6) is 5.75 Å². The highest BCUT2D eigenvalue weighted by molar-refractivity contribution is 7.99. The second-order valence-corrected chi connectivity index (χ2v) is 4.68. The van der Waals surface area contributed by atoms with Crippen molar-refractivity contribution in [2.45, 2.75) is 9.92 Å². The van der Waals surface area contributed by atoms with Gasteiger partial charge in [0.1, 0.15) is 5.82 Å². The van der Waals surface area contributed by atoms with Gasteiger partial charge >= 0.3 is 5.97 Å². The number of halogens is 1. The van der Waals surface area contributed by atoms with Gasteiger partial charge in [0, 0.05) is 4.90 Å². The van der Waals surface area contributed by atoms with Gasteiger partial charge in [0.15, 0.2) is 5.03 Å². The molecule has 0 unspecified atom stereocenters. The zero-order chi connectivity index (χ0) is 14.7. The molecule has 2 rings (SSSR count). The highest BCUT2D eigenvalue weighted by Gasteiger charge is 2.14. The first-order valence-corrected chi connectivity index (χ1v) is 6.17. The number of nitrogens with one attached hydrogen (secondary N) is 1. The molecule has 20 heavy (non-hydrogen) atoms. The molecule has 1 aromatic carbocycles. The number of hydrogen-bond acceptors (Lipinski definition) is 5. The van der Waals surface area contributed by atoms with E-state index < -0.39 is 22.9 Å². The molecule has 0 saturated carbocycles. The van der Waals surface area contributed by atoms with Crippen LogP contribution in [-0.2, 0) is 0 Å². The predicted molar refractivity (Wildman–Crippen MR) is 68.9 cm³/mol. The van der Waals surface area contributed by atoms with Gasteiger partial charge in [-0.25, -0.2) is 14.2 Å². The molecule has 0 bridgehead atoms. The molecule has 0 atom stereocenters. The third kappa shape index (κ3) is 2.80. The Balaban J connectivity index is 2.41. The van der Waals surface area contributed by atoms with Crippen LogP contribution in [0.1, 0.15) is 10.4 Å². The summed E-state index contributed by atoms with van der Waals surface area (Å²) in [6.45, 7) is 0. The number of aromatic carboxylic acids is 1. The van der Waals surface area contributed by atoms with Crippen molar-refractivity contribution >= 4 is 17.7 Å². The molecule has 0 fully saturated rings. The fraction of sp³-hybridized carbons (Fsp3) is 0.0833. The minimum atomic E-state index is -1.37. The number of methoxy groups -OCH3 is 1. The Labute approximate surface area is 116 Å². The molecule has 6 nitrogen and oxygen atoms in total. The van der Waals surface area contributed by atoms with Crippen molar-refractivity contribution in [1.29, 1.82) is 0 Å². The van der Waals surface area contributed by atoms with E-state index in [2.05, 4.69) is 9.97 Å². The monoisotopic (exact) mass is 296 g/mol. The quantitative estimate of drug-likeness (QED) is 0.835. The van der Waals surface area contributed by atoms with E-state index in [9.17, 15) is 14.0 Å². The number of aromatic nitrogens is 2. The third-order valence-corrected chi connectivity index (χ3v) is 3.34. The second kappa shape index (κ2) is 5.74. The van der Waals surface area contributed by atoms with Gasteiger partial charge in [-0.3, -0.25) is 4.79 Å². The van der Waals surface area contributed by atoms with Gasteiger partial charge in [-0.15, -0.1) is 0 Å².